The second kappa shape index (κ2) is 12.4. The highest BCUT2D eigenvalue weighted by molar-refractivity contribution is 8.26. The molecule has 0 aromatic heterocycles. The minimum absolute atomic E-state index is 0.240. The van der Waals surface area contributed by atoms with Gasteiger partial charge >= 0.3 is 5.97 Å². The third-order valence-corrected chi connectivity index (χ3v) is 7.66. The number of esters is 1. The van der Waals surface area contributed by atoms with Gasteiger partial charge in [0.15, 0.2) is 0 Å². The van der Waals surface area contributed by atoms with Crippen molar-refractivity contribution >= 4 is 68.9 Å². The maximum Gasteiger partial charge on any atom is 0.338 e. The molecule has 10 heteroatoms. The number of rotatable bonds is 10. The van der Waals surface area contributed by atoms with Crippen molar-refractivity contribution < 1.29 is 23.9 Å². The van der Waals surface area contributed by atoms with Gasteiger partial charge in [0, 0.05) is 17.8 Å². The highest BCUT2D eigenvalue weighted by Crippen LogP contribution is 2.44. The van der Waals surface area contributed by atoms with E-state index in [9.17, 15) is 19.2 Å². The number of anilines is 2. The summed E-state index contributed by atoms with van der Waals surface area (Å²) in [7, 11) is 0. The quantitative estimate of drug-likeness (QED) is 0.192. The molecule has 0 radical (unpaired) electrons. The van der Waals surface area contributed by atoms with Gasteiger partial charge in [-0.25, -0.2) is 4.79 Å². The lowest BCUT2D eigenvalue weighted by Crippen LogP contribution is -2.35. The number of carbonyl (C=O) groups is 4. The van der Waals surface area contributed by atoms with E-state index < -0.39 is 17.8 Å². The van der Waals surface area contributed by atoms with Crippen LogP contribution in [0.3, 0.4) is 0 Å². The third-order valence-electron chi connectivity index (χ3n) is 6.22. The normalized spacial score (nSPS) is 16.7. The molecule has 38 heavy (non-hydrogen) atoms. The standard InChI is InChI=1S/C28H29N3O5S2/c1-3-5-6-9-16-30-26(34)24(38-28(30)37)23-20-10-7-8-11-21(20)31(25(23)33)17-22(32)29-19-14-12-18(13-15-19)27(35)36-4-2/h7-8,10-15H,3-6,9,16-17H2,1-2H3,(H,29,32)/b24-23-. The maximum absolute atomic E-state index is 13.6. The predicted octanol–water partition coefficient (Wildman–Crippen LogP) is 5.00. The molecule has 8 nitrogen and oxygen atoms in total. The highest BCUT2D eigenvalue weighted by atomic mass is 32.2. The Bertz CT molecular complexity index is 1310. The summed E-state index contributed by atoms with van der Waals surface area (Å²) in [6.45, 7) is 4.41. The van der Waals surface area contributed by atoms with Crippen LogP contribution in [-0.2, 0) is 19.1 Å². The number of nitrogens with one attached hydrogen (secondary N) is 1. The van der Waals surface area contributed by atoms with Crippen LogP contribution >= 0.6 is 24.0 Å². The smallest absolute Gasteiger partial charge is 0.338 e. The van der Waals surface area contributed by atoms with Gasteiger partial charge in [0.05, 0.1) is 28.3 Å². The van der Waals surface area contributed by atoms with Gasteiger partial charge in [-0.15, -0.1) is 0 Å². The molecule has 3 amide bonds. The molecule has 0 saturated carbocycles. The number of carbonyl (C=O) groups excluding carboxylic acids is 4. The first kappa shape index (κ1) is 27.5. The van der Waals surface area contributed by atoms with Crippen molar-refractivity contribution in [3.05, 3.63) is 64.6 Å². The van der Waals surface area contributed by atoms with E-state index in [4.69, 9.17) is 17.0 Å². The first-order valence-corrected chi connectivity index (χ1v) is 13.8. The zero-order valence-corrected chi connectivity index (χ0v) is 23.0. The molecule has 0 unspecified atom stereocenters. The number of hydrogen-bond donors (Lipinski definition) is 1. The van der Waals surface area contributed by atoms with E-state index in [0.29, 0.717) is 38.3 Å². The van der Waals surface area contributed by atoms with Crippen LogP contribution in [-0.4, -0.2) is 52.6 Å². The lowest BCUT2D eigenvalue weighted by molar-refractivity contribution is -0.122. The van der Waals surface area contributed by atoms with E-state index in [1.807, 2.05) is 0 Å². The van der Waals surface area contributed by atoms with Crippen LogP contribution in [0.4, 0.5) is 11.4 Å². The monoisotopic (exact) mass is 551 g/mol. The average molecular weight is 552 g/mol. The fourth-order valence-electron chi connectivity index (χ4n) is 4.34. The zero-order valence-electron chi connectivity index (χ0n) is 21.3. The maximum atomic E-state index is 13.6. The SMILES string of the molecule is CCCCCCN1C(=O)/C(=C2/C(=O)N(CC(=O)Nc3ccc(C(=O)OCC)cc3)c3ccccc32)SC1=S. The van der Waals surface area contributed by atoms with Crippen LogP contribution in [0.5, 0.6) is 0 Å². The largest absolute Gasteiger partial charge is 0.462 e. The minimum atomic E-state index is -0.441. The van der Waals surface area contributed by atoms with Gasteiger partial charge < -0.3 is 10.1 Å². The van der Waals surface area contributed by atoms with Crippen molar-refractivity contribution in [1.29, 1.82) is 0 Å². The second-order valence-corrected chi connectivity index (χ2v) is 10.5. The summed E-state index contributed by atoms with van der Waals surface area (Å²) in [4.78, 5) is 54.9. The fraction of sp³-hybridized carbons (Fsp3) is 0.321. The van der Waals surface area contributed by atoms with E-state index >= 15 is 0 Å². The summed E-state index contributed by atoms with van der Waals surface area (Å²) in [6, 6.07) is 13.4. The molecule has 1 saturated heterocycles. The van der Waals surface area contributed by atoms with Gasteiger partial charge in [-0.05, 0) is 43.7 Å². The Morgan fingerprint density at radius 3 is 2.39 bits per heavy atom. The number of thiocarbonyl (C=S) groups is 1. The number of fused-ring (bicyclic) bond motifs is 1. The zero-order chi connectivity index (χ0) is 27.2. The van der Waals surface area contributed by atoms with E-state index in [1.165, 1.54) is 4.90 Å². The van der Waals surface area contributed by atoms with Gasteiger partial charge in [0.25, 0.3) is 11.8 Å². The first-order chi connectivity index (χ1) is 18.3. The Balaban J connectivity index is 1.51. The number of unbranched alkanes of at least 4 members (excludes halogenated alkanes) is 3. The summed E-state index contributed by atoms with van der Waals surface area (Å²) in [5.41, 5.74) is 2.30. The summed E-state index contributed by atoms with van der Waals surface area (Å²) in [5.74, 6) is -1.53. The van der Waals surface area contributed by atoms with Gasteiger partial charge in [0.2, 0.25) is 5.91 Å². The van der Waals surface area contributed by atoms with E-state index in [0.717, 1.165) is 37.4 Å². The summed E-state index contributed by atoms with van der Waals surface area (Å²) < 4.78 is 5.42. The van der Waals surface area contributed by atoms with E-state index in [-0.39, 0.29) is 24.6 Å². The lowest BCUT2D eigenvalue weighted by Gasteiger charge is -2.17. The van der Waals surface area contributed by atoms with Gasteiger partial charge in [-0.3, -0.25) is 24.2 Å². The molecule has 0 aliphatic carbocycles. The molecule has 2 aliphatic heterocycles. The van der Waals surface area contributed by atoms with E-state index in [2.05, 4.69) is 12.2 Å². The van der Waals surface area contributed by atoms with Gasteiger partial charge in [-0.2, -0.15) is 0 Å². The van der Waals surface area contributed by atoms with Gasteiger partial charge in [0.1, 0.15) is 10.9 Å². The average Bonchev–Trinajstić information content (AvgIpc) is 3.34. The Morgan fingerprint density at radius 1 is 0.947 bits per heavy atom. The van der Waals surface area contributed by atoms with Crippen molar-refractivity contribution in [3.63, 3.8) is 0 Å². The molecule has 0 atom stereocenters. The number of hydrogen-bond acceptors (Lipinski definition) is 7. The molecule has 198 valence electrons. The Kier molecular flexibility index (Phi) is 8.96. The van der Waals surface area contributed by atoms with E-state index in [1.54, 1.807) is 60.4 Å². The Labute approximate surface area is 231 Å². The van der Waals surface area contributed by atoms with Crippen LogP contribution in [0.2, 0.25) is 0 Å². The highest BCUT2D eigenvalue weighted by Gasteiger charge is 2.42. The molecule has 4 rings (SSSR count). The second-order valence-electron chi connectivity index (χ2n) is 8.84. The minimum Gasteiger partial charge on any atom is -0.462 e. The molecule has 2 heterocycles. The van der Waals surface area contributed by atoms with Crippen LogP contribution in [0.25, 0.3) is 5.57 Å². The molecule has 1 N–H and O–H groups in total. The number of benzene rings is 2. The van der Waals surface area contributed by atoms with Crippen LogP contribution in [0, 0.1) is 0 Å². The fourth-order valence-corrected chi connectivity index (χ4v) is 5.72. The Morgan fingerprint density at radius 2 is 1.68 bits per heavy atom. The number of amides is 3. The molecule has 2 aromatic carbocycles. The Hall–Kier alpha value is -3.50. The third kappa shape index (κ3) is 5.81. The summed E-state index contributed by atoms with van der Waals surface area (Å²) >= 11 is 6.62. The number of para-hydroxylation sites is 1. The molecule has 0 spiro atoms. The summed E-state index contributed by atoms with van der Waals surface area (Å²) in [5, 5.41) is 2.76. The molecule has 2 aromatic rings. The lowest BCUT2D eigenvalue weighted by atomic mass is 10.1. The molecule has 1 fully saturated rings. The van der Waals surface area contributed by atoms with Crippen LogP contribution in [0.15, 0.2) is 53.4 Å². The number of thioether (sulfide) groups is 1. The molecular weight excluding hydrogens is 522 g/mol. The predicted molar refractivity (Wildman–Crippen MR) is 153 cm³/mol. The van der Waals surface area contributed by atoms with Crippen molar-refractivity contribution in [2.75, 3.05) is 29.9 Å². The van der Waals surface area contributed by atoms with Crippen LogP contribution < -0.4 is 10.2 Å². The topological polar surface area (TPSA) is 96.0 Å². The van der Waals surface area contributed by atoms with Crippen molar-refractivity contribution in [2.45, 2.75) is 39.5 Å². The summed E-state index contributed by atoms with van der Waals surface area (Å²) in [6.07, 6.45) is 4.04. The van der Waals surface area contributed by atoms with Crippen molar-refractivity contribution in [1.82, 2.24) is 4.90 Å². The number of nitrogens with zero attached hydrogens (tertiary/aromatic N) is 2. The molecule has 0 bridgehead atoms. The molecular formula is C28H29N3O5S2. The van der Waals surface area contributed by atoms with Crippen LogP contribution in [0.1, 0.15) is 55.5 Å². The number of ether oxygens (including phenoxy) is 1. The van der Waals surface area contributed by atoms with Crippen molar-refractivity contribution in [2.24, 2.45) is 0 Å². The first-order valence-electron chi connectivity index (χ1n) is 12.6. The molecule has 2 aliphatic rings. The van der Waals surface area contributed by atoms with Gasteiger partial charge in [-0.1, -0.05) is 68.4 Å². The van der Waals surface area contributed by atoms with Crippen molar-refractivity contribution in [3.8, 4) is 0 Å².